The fraction of sp³-hybridized carbons (Fsp3) is 0.536. The minimum Gasteiger partial charge on any atom is -0.493 e. The molecule has 2 bridgehead atoms. The Morgan fingerprint density at radius 3 is 2.33 bits per heavy atom. The minimum absolute atomic E-state index is 0.162. The number of carboxylic acid groups (broad SMARTS) is 3. The minimum atomic E-state index is -5.08. The molecule has 4 aliphatic rings. The summed E-state index contributed by atoms with van der Waals surface area (Å²) in [5, 5.41) is 37.1. The zero-order valence-electron chi connectivity index (χ0n) is 24.0. The predicted molar refractivity (Wildman–Crippen MR) is 140 cm³/mol. The lowest BCUT2D eigenvalue weighted by atomic mass is 9.50. The molecule has 1 fully saturated rings. The van der Waals surface area contributed by atoms with Gasteiger partial charge in [-0.2, -0.15) is 13.2 Å². The summed E-state index contributed by atoms with van der Waals surface area (Å²) >= 11 is 0. The summed E-state index contributed by atoms with van der Waals surface area (Å²) in [6, 6.07) is 3.66. The Morgan fingerprint density at radius 2 is 1.76 bits per heavy atom. The molecule has 5 atom stereocenters. The van der Waals surface area contributed by atoms with Crippen molar-refractivity contribution in [1.82, 2.24) is 4.90 Å². The molecule has 2 heterocycles. The highest BCUT2D eigenvalue weighted by Crippen LogP contribution is 2.65. The maximum atomic E-state index is 12.7. The fourth-order valence-corrected chi connectivity index (χ4v) is 6.53. The van der Waals surface area contributed by atoms with Gasteiger partial charge in [-0.15, -0.1) is 0 Å². The van der Waals surface area contributed by atoms with Gasteiger partial charge in [-0.05, 0) is 44.1 Å². The summed E-state index contributed by atoms with van der Waals surface area (Å²) in [6.07, 6.45) is -6.45. The third-order valence-electron chi connectivity index (χ3n) is 8.47. The number of nitrogens with zero attached hydrogens (tertiary/aromatic N) is 1. The number of benzene rings is 1. The number of hydrogen-bond acceptors (Lipinski definition) is 11. The SMILES string of the molecule is COc1ccc2c3c1O[C@H]1C(OC(=O)CCC(=O)OC(CC(=O)O)C(=O)O)=CC[C@@]4(O)[C@@H](C2)N(C)CC[C@]314.O=C(O)C(F)(F)F. The van der Waals surface area contributed by atoms with Crippen LogP contribution in [-0.4, -0.2) is 106 Å². The zero-order chi connectivity index (χ0) is 33.5. The number of hydrogen-bond donors (Lipinski definition) is 4. The molecule has 4 N–H and O–H groups in total. The van der Waals surface area contributed by atoms with E-state index < -0.39 is 78.5 Å². The standard InChI is InChI=1S/C26H29NO11.C2HF3O2/c1-27-10-9-25-21-13-3-4-14(35-2)22(21)38-23(25)15(7-8-26(25,34)17(27)11-13)36-19(30)5-6-20(31)37-16(24(32)33)12-18(28)29;3-2(4,5)1(6)7/h3-4,7,16-17,23,34H,5-6,8-12H2,1-2H3,(H,28,29)(H,32,33);(H,6,7)/t16?,17-,23+,25+,26-;/m1./s1. The first kappa shape index (κ1) is 33.5. The molecule has 246 valence electrons. The van der Waals surface area contributed by atoms with E-state index in [-0.39, 0.29) is 18.2 Å². The first-order valence-electron chi connectivity index (χ1n) is 13.6. The number of likely N-dealkylation sites (N-methyl/N-ethyl adjacent to an activating group) is 1. The first-order chi connectivity index (χ1) is 21.0. The Kier molecular flexibility index (Phi) is 9.08. The number of aliphatic carboxylic acids is 3. The average molecular weight is 646 g/mol. The number of aliphatic hydroxyl groups is 1. The van der Waals surface area contributed by atoms with E-state index in [1.54, 1.807) is 6.08 Å². The highest BCUT2D eigenvalue weighted by molar-refractivity contribution is 5.84. The summed E-state index contributed by atoms with van der Waals surface area (Å²) in [5.74, 6) is -6.32. The van der Waals surface area contributed by atoms with Gasteiger partial charge in [0.1, 0.15) is 5.76 Å². The highest BCUT2D eigenvalue weighted by Gasteiger charge is 2.72. The van der Waals surface area contributed by atoms with E-state index in [9.17, 15) is 37.5 Å². The largest absolute Gasteiger partial charge is 0.493 e. The number of likely N-dealkylation sites (tertiary alicyclic amines) is 1. The lowest BCUT2D eigenvalue weighted by Crippen LogP contribution is -2.74. The van der Waals surface area contributed by atoms with Crippen LogP contribution in [0.5, 0.6) is 11.5 Å². The average Bonchev–Trinajstić information content (AvgIpc) is 3.30. The lowest BCUT2D eigenvalue weighted by molar-refractivity contribution is -0.192. The number of methoxy groups -OCH3 is 1. The third-order valence-corrected chi connectivity index (χ3v) is 8.47. The van der Waals surface area contributed by atoms with Gasteiger partial charge in [0.25, 0.3) is 0 Å². The summed E-state index contributed by atoms with van der Waals surface area (Å²) in [5.41, 5.74) is -0.0761. The van der Waals surface area contributed by atoms with Crippen molar-refractivity contribution in [3.63, 3.8) is 0 Å². The topological polar surface area (TPSA) is 206 Å². The Labute approximate surface area is 252 Å². The number of alkyl halides is 3. The number of carbonyl (C=O) groups excluding carboxylic acids is 2. The van der Waals surface area contributed by atoms with Crippen LogP contribution < -0.4 is 9.47 Å². The predicted octanol–water partition coefficient (Wildman–Crippen LogP) is 1.40. The molecule has 1 saturated heterocycles. The van der Waals surface area contributed by atoms with E-state index in [0.29, 0.717) is 30.9 Å². The van der Waals surface area contributed by atoms with Crippen LogP contribution in [0.25, 0.3) is 0 Å². The Bertz CT molecular complexity index is 1440. The van der Waals surface area contributed by atoms with Crippen molar-refractivity contribution in [3.8, 4) is 11.5 Å². The van der Waals surface area contributed by atoms with Gasteiger partial charge in [-0.3, -0.25) is 14.4 Å². The number of halogens is 3. The summed E-state index contributed by atoms with van der Waals surface area (Å²) in [4.78, 5) is 57.7. The lowest BCUT2D eigenvalue weighted by Gasteiger charge is -2.61. The smallest absolute Gasteiger partial charge is 0.490 e. The van der Waals surface area contributed by atoms with Gasteiger partial charge in [0.15, 0.2) is 17.6 Å². The number of ether oxygens (including phenoxy) is 4. The highest BCUT2D eigenvalue weighted by atomic mass is 19.4. The number of carboxylic acids is 3. The molecule has 1 spiro atoms. The summed E-state index contributed by atoms with van der Waals surface area (Å²) < 4.78 is 54.0. The van der Waals surface area contributed by atoms with Crippen LogP contribution in [0.4, 0.5) is 13.2 Å². The molecular formula is C28H30F3NO13. The van der Waals surface area contributed by atoms with E-state index in [0.717, 1.165) is 11.1 Å². The molecule has 17 heteroatoms. The molecule has 45 heavy (non-hydrogen) atoms. The van der Waals surface area contributed by atoms with Gasteiger partial charge in [0.2, 0.25) is 6.10 Å². The van der Waals surface area contributed by atoms with Gasteiger partial charge in [-0.25, -0.2) is 9.59 Å². The molecule has 2 aliphatic heterocycles. The second-order valence-corrected chi connectivity index (χ2v) is 11.0. The molecule has 1 aromatic carbocycles. The van der Waals surface area contributed by atoms with Crippen LogP contribution in [0, 0.1) is 0 Å². The second-order valence-electron chi connectivity index (χ2n) is 11.0. The van der Waals surface area contributed by atoms with Crippen LogP contribution in [0.3, 0.4) is 0 Å². The molecule has 14 nitrogen and oxygen atoms in total. The van der Waals surface area contributed by atoms with E-state index in [4.69, 9.17) is 39.1 Å². The molecule has 0 amide bonds. The summed E-state index contributed by atoms with van der Waals surface area (Å²) in [6.45, 7) is 0.705. The van der Waals surface area contributed by atoms with Crippen LogP contribution in [-0.2, 0) is 45.3 Å². The van der Waals surface area contributed by atoms with Gasteiger partial charge in [0, 0.05) is 18.0 Å². The monoisotopic (exact) mass is 645 g/mol. The molecule has 5 rings (SSSR count). The molecule has 0 saturated carbocycles. The zero-order valence-corrected chi connectivity index (χ0v) is 24.0. The quantitative estimate of drug-likeness (QED) is 0.280. The third kappa shape index (κ3) is 6.01. The molecule has 0 aromatic heterocycles. The van der Waals surface area contributed by atoms with Crippen molar-refractivity contribution in [1.29, 1.82) is 0 Å². The van der Waals surface area contributed by atoms with Crippen LogP contribution >= 0.6 is 0 Å². The maximum Gasteiger partial charge on any atom is 0.490 e. The normalized spacial score (nSPS) is 26.5. The van der Waals surface area contributed by atoms with E-state index >= 15 is 0 Å². The van der Waals surface area contributed by atoms with Crippen LogP contribution in [0.15, 0.2) is 24.0 Å². The van der Waals surface area contributed by atoms with Crippen molar-refractivity contribution in [2.75, 3.05) is 20.7 Å². The maximum absolute atomic E-state index is 12.7. The second kappa shape index (κ2) is 12.2. The van der Waals surface area contributed by atoms with E-state index in [1.165, 1.54) is 7.11 Å². The summed E-state index contributed by atoms with van der Waals surface area (Å²) in [7, 11) is 3.52. The van der Waals surface area contributed by atoms with Crippen molar-refractivity contribution in [2.45, 2.75) is 74.0 Å². The molecule has 2 aliphatic carbocycles. The van der Waals surface area contributed by atoms with Gasteiger partial charge in [-0.1, -0.05) is 6.07 Å². The Hall–Kier alpha value is -4.38. The Morgan fingerprint density at radius 1 is 1.11 bits per heavy atom. The van der Waals surface area contributed by atoms with Gasteiger partial charge in [0.05, 0.1) is 37.4 Å². The molecular weight excluding hydrogens is 615 g/mol. The molecule has 0 radical (unpaired) electrons. The number of piperidine rings is 1. The first-order valence-corrected chi connectivity index (χ1v) is 13.6. The van der Waals surface area contributed by atoms with Gasteiger partial charge < -0.3 is 44.3 Å². The van der Waals surface area contributed by atoms with E-state index in [2.05, 4.69) is 4.90 Å². The van der Waals surface area contributed by atoms with Crippen molar-refractivity contribution in [2.24, 2.45) is 0 Å². The fourth-order valence-electron chi connectivity index (χ4n) is 6.53. The molecule has 1 unspecified atom stereocenters. The number of carbonyl (C=O) groups is 5. The van der Waals surface area contributed by atoms with Crippen molar-refractivity contribution >= 4 is 29.8 Å². The Balaban J connectivity index is 0.000000591. The van der Waals surface area contributed by atoms with Crippen LogP contribution in [0.2, 0.25) is 0 Å². The van der Waals surface area contributed by atoms with Crippen molar-refractivity contribution < 1.29 is 76.5 Å². The van der Waals surface area contributed by atoms with Gasteiger partial charge >= 0.3 is 36.0 Å². The molecule has 1 aromatic rings. The van der Waals surface area contributed by atoms with E-state index in [1.807, 2.05) is 19.2 Å². The number of esters is 2. The number of rotatable bonds is 9. The van der Waals surface area contributed by atoms with Crippen molar-refractivity contribution in [3.05, 3.63) is 35.1 Å². The van der Waals surface area contributed by atoms with Crippen LogP contribution in [0.1, 0.15) is 43.2 Å².